The molecule has 15 heavy (non-hydrogen) atoms. The summed E-state index contributed by atoms with van der Waals surface area (Å²) in [6.07, 6.45) is 0. The molecule has 0 saturated heterocycles. The van der Waals surface area contributed by atoms with Crippen molar-refractivity contribution >= 4 is 21.9 Å². The van der Waals surface area contributed by atoms with Crippen LogP contribution in [0.15, 0.2) is 28.7 Å². The molecule has 0 fully saturated rings. The van der Waals surface area contributed by atoms with Crippen molar-refractivity contribution in [1.82, 2.24) is 0 Å². The minimum Gasteiger partial charge on any atom is -0.467 e. The van der Waals surface area contributed by atoms with Crippen LogP contribution < -0.4 is 5.73 Å². The standard InChI is InChI=1S/C10H11BrFNO2/c1-15-9(14)10(13,6-12)7-2-4-8(11)5-3-7/h2-5H,6,13H2,1H3. The number of hydrogen-bond acceptors (Lipinski definition) is 3. The van der Waals surface area contributed by atoms with Crippen molar-refractivity contribution in [2.75, 3.05) is 13.8 Å². The third-order valence-corrected chi connectivity index (χ3v) is 2.65. The SMILES string of the molecule is COC(=O)C(N)(CF)c1ccc(Br)cc1. The number of rotatable bonds is 3. The molecule has 0 spiro atoms. The minimum absolute atomic E-state index is 0.389. The Morgan fingerprint density at radius 1 is 1.53 bits per heavy atom. The molecule has 0 saturated carbocycles. The molecule has 0 bridgehead atoms. The third kappa shape index (κ3) is 2.35. The summed E-state index contributed by atoms with van der Waals surface area (Å²) < 4.78 is 18.1. The van der Waals surface area contributed by atoms with Crippen LogP contribution in [0.3, 0.4) is 0 Å². The number of hydrogen-bond donors (Lipinski definition) is 1. The van der Waals surface area contributed by atoms with E-state index in [1.165, 1.54) is 7.11 Å². The molecule has 1 aromatic rings. The highest BCUT2D eigenvalue weighted by atomic mass is 79.9. The van der Waals surface area contributed by atoms with E-state index in [0.717, 1.165) is 4.47 Å². The molecule has 82 valence electrons. The Balaban J connectivity index is 3.11. The first-order valence-corrected chi connectivity index (χ1v) is 5.03. The summed E-state index contributed by atoms with van der Waals surface area (Å²) in [6.45, 7) is -0.999. The second-order valence-electron chi connectivity index (χ2n) is 3.10. The second kappa shape index (κ2) is 4.72. The molecular formula is C10H11BrFNO2. The fourth-order valence-corrected chi connectivity index (χ4v) is 1.44. The summed E-state index contributed by atoms with van der Waals surface area (Å²) in [6, 6.07) is 6.55. The first kappa shape index (κ1) is 12.1. The Kier molecular flexibility index (Phi) is 3.82. The lowest BCUT2D eigenvalue weighted by atomic mass is 9.92. The van der Waals surface area contributed by atoms with Gasteiger partial charge in [-0.25, -0.2) is 9.18 Å². The highest BCUT2D eigenvalue weighted by Gasteiger charge is 2.37. The van der Waals surface area contributed by atoms with Gasteiger partial charge in [-0.2, -0.15) is 0 Å². The van der Waals surface area contributed by atoms with Gasteiger partial charge in [-0.15, -0.1) is 0 Å². The van der Waals surface area contributed by atoms with Gasteiger partial charge in [-0.05, 0) is 17.7 Å². The molecule has 1 atom stereocenters. The summed E-state index contributed by atoms with van der Waals surface area (Å²) in [4.78, 5) is 11.4. The van der Waals surface area contributed by atoms with E-state index in [4.69, 9.17) is 5.73 Å². The van der Waals surface area contributed by atoms with E-state index in [2.05, 4.69) is 20.7 Å². The maximum atomic E-state index is 12.8. The molecule has 3 nitrogen and oxygen atoms in total. The van der Waals surface area contributed by atoms with E-state index < -0.39 is 18.2 Å². The Morgan fingerprint density at radius 2 is 2.07 bits per heavy atom. The van der Waals surface area contributed by atoms with E-state index in [9.17, 15) is 9.18 Å². The van der Waals surface area contributed by atoms with Crippen LogP contribution in [0, 0.1) is 0 Å². The largest absolute Gasteiger partial charge is 0.467 e. The van der Waals surface area contributed by atoms with E-state index >= 15 is 0 Å². The molecule has 0 aliphatic carbocycles. The topological polar surface area (TPSA) is 52.3 Å². The number of nitrogens with two attached hydrogens (primary N) is 1. The number of carbonyl (C=O) groups is 1. The molecule has 0 heterocycles. The predicted octanol–water partition coefficient (Wildman–Crippen LogP) is 1.75. The lowest BCUT2D eigenvalue weighted by Gasteiger charge is -2.23. The summed E-state index contributed by atoms with van der Waals surface area (Å²) in [5.74, 6) is -0.785. The van der Waals surface area contributed by atoms with E-state index in [0.29, 0.717) is 5.56 Å². The first-order valence-electron chi connectivity index (χ1n) is 4.24. The number of halogens is 2. The van der Waals surface area contributed by atoms with Crippen molar-refractivity contribution in [2.24, 2.45) is 5.73 Å². The van der Waals surface area contributed by atoms with Gasteiger partial charge in [0.25, 0.3) is 0 Å². The van der Waals surface area contributed by atoms with Gasteiger partial charge in [-0.3, -0.25) is 0 Å². The van der Waals surface area contributed by atoms with Gasteiger partial charge in [0.1, 0.15) is 6.67 Å². The van der Waals surface area contributed by atoms with Gasteiger partial charge in [0.2, 0.25) is 0 Å². The zero-order valence-electron chi connectivity index (χ0n) is 8.17. The number of methoxy groups -OCH3 is 1. The fraction of sp³-hybridized carbons (Fsp3) is 0.300. The number of benzene rings is 1. The molecule has 1 rings (SSSR count). The summed E-state index contributed by atoms with van der Waals surface area (Å²) in [7, 11) is 1.18. The monoisotopic (exact) mass is 275 g/mol. The molecule has 2 N–H and O–H groups in total. The molecule has 0 amide bonds. The van der Waals surface area contributed by atoms with Gasteiger partial charge < -0.3 is 10.5 Å². The van der Waals surface area contributed by atoms with Crippen molar-refractivity contribution in [3.8, 4) is 0 Å². The van der Waals surface area contributed by atoms with Crippen molar-refractivity contribution in [2.45, 2.75) is 5.54 Å². The van der Waals surface area contributed by atoms with Crippen LogP contribution in [0.1, 0.15) is 5.56 Å². The van der Waals surface area contributed by atoms with Crippen LogP contribution in [-0.4, -0.2) is 19.8 Å². The van der Waals surface area contributed by atoms with Gasteiger partial charge in [0.15, 0.2) is 5.54 Å². The molecule has 5 heteroatoms. The van der Waals surface area contributed by atoms with Crippen LogP contribution in [0.2, 0.25) is 0 Å². The zero-order valence-corrected chi connectivity index (χ0v) is 9.75. The Hall–Kier alpha value is -0.940. The van der Waals surface area contributed by atoms with Crippen molar-refractivity contribution in [3.63, 3.8) is 0 Å². The van der Waals surface area contributed by atoms with E-state index in [1.807, 2.05) is 0 Å². The molecule has 0 aliphatic rings. The number of alkyl halides is 1. The quantitative estimate of drug-likeness (QED) is 0.856. The average molecular weight is 276 g/mol. The van der Waals surface area contributed by atoms with Crippen molar-refractivity contribution in [1.29, 1.82) is 0 Å². The van der Waals surface area contributed by atoms with Gasteiger partial charge in [0, 0.05) is 4.47 Å². The number of carbonyl (C=O) groups excluding carboxylic acids is 1. The Morgan fingerprint density at radius 3 is 2.47 bits per heavy atom. The van der Waals surface area contributed by atoms with Gasteiger partial charge in [-0.1, -0.05) is 28.1 Å². The summed E-state index contributed by atoms with van der Waals surface area (Å²) in [5, 5.41) is 0. The van der Waals surface area contributed by atoms with Crippen LogP contribution in [0.4, 0.5) is 4.39 Å². The molecule has 0 aromatic heterocycles. The fourth-order valence-electron chi connectivity index (χ4n) is 1.18. The van der Waals surface area contributed by atoms with Crippen molar-refractivity contribution in [3.05, 3.63) is 34.3 Å². The maximum Gasteiger partial charge on any atom is 0.333 e. The van der Waals surface area contributed by atoms with Crippen molar-refractivity contribution < 1.29 is 13.9 Å². The van der Waals surface area contributed by atoms with Gasteiger partial charge in [0.05, 0.1) is 7.11 Å². The first-order chi connectivity index (χ1) is 7.04. The highest BCUT2D eigenvalue weighted by Crippen LogP contribution is 2.22. The highest BCUT2D eigenvalue weighted by molar-refractivity contribution is 9.10. The van der Waals surface area contributed by atoms with E-state index in [1.54, 1.807) is 24.3 Å². The Bertz CT molecular complexity index is 355. The van der Waals surface area contributed by atoms with E-state index in [-0.39, 0.29) is 0 Å². The second-order valence-corrected chi connectivity index (χ2v) is 4.02. The molecular weight excluding hydrogens is 265 g/mol. The third-order valence-electron chi connectivity index (χ3n) is 2.12. The smallest absolute Gasteiger partial charge is 0.333 e. The van der Waals surface area contributed by atoms with Crippen LogP contribution in [0.5, 0.6) is 0 Å². The molecule has 0 radical (unpaired) electrons. The Labute approximate surface area is 95.5 Å². The predicted molar refractivity (Wildman–Crippen MR) is 58.0 cm³/mol. The number of esters is 1. The lowest BCUT2D eigenvalue weighted by molar-refractivity contribution is -0.148. The van der Waals surface area contributed by atoms with Crippen LogP contribution in [-0.2, 0) is 15.1 Å². The summed E-state index contributed by atoms with van der Waals surface area (Å²) >= 11 is 3.24. The molecule has 1 aromatic carbocycles. The normalized spacial score (nSPS) is 14.4. The lowest BCUT2D eigenvalue weighted by Crippen LogP contribution is -2.47. The zero-order chi connectivity index (χ0) is 11.5. The average Bonchev–Trinajstić information content (AvgIpc) is 2.27. The molecule has 1 unspecified atom stereocenters. The summed E-state index contributed by atoms with van der Waals surface area (Å²) in [5.41, 5.74) is 4.33. The van der Waals surface area contributed by atoms with Crippen LogP contribution >= 0.6 is 15.9 Å². The molecule has 0 aliphatic heterocycles. The van der Waals surface area contributed by atoms with Crippen LogP contribution in [0.25, 0.3) is 0 Å². The van der Waals surface area contributed by atoms with Gasteiger partial charge >= 0.3 is 5.97 Å². The number of ether oxygens (including phenoxy) is 1. The maximum absolute atomic E-state index is 12.8. The minimum atomic E-state index is -1.71.